The zero-order chi connectivity index (χ0) is 24.4. The molecule has 1 aromatic heterocycles. The second-order valence-corrected chi connectivity index (χ2v) is 7.39. The summed E-state index contributed by atoms with van der Waals surface area (Å²) in [5.74, 6) is -3.32. The van der Waals surface area contributed by atoms with Crippen molar-refractivity contribution in [2.45, 2.75) is 18.6 Å². The first-order valence-corrected chi connectivity index (χ1v) is 10.0. The molecule has 2 unspecified atom stereocenters. The highest BCUT2D eigenvalue weighted by atomic mass is 16.5. The molecule has 176 valence electrons. The lowest BCUT2D eigenvalue weighted by Crippen LogP contribution is -2.34. The van der Waals surface area contributed by atoms with Crippen LogP contribution in [0.25, 0.3) is 11.0 Å². The van der Waals surface area contributed by atoms with Crippen LogP contribution in [-0.4, -0.2) is 58.5 Å². The van der Waals surface area contributed by atoms with Crippen molar-refractivity contribution in [1.82, 2.24) is 0 Å². The van der Waals surface area contributed by atoms with Gasteiger partial charge in [-0.2, -0.15) is 0 Å². The molecular weight excluding hydrogens is 452 g/mol. The summed E-state index contributed by atoms with van der Waals surface area (Å²) in [7, 11) is 0. The summed E-state index contributed by atoms with van der Waals surface area (Å²) in [5, 5.41) is 28.4. The van der Waals surface area contributed by atoms with E-state index in [1.807, 2.05) is 0 Å². The van der Waals surface area contributed by atoms with Crippen molar-refractivity contribution in [1.29, 1.82) is 0 Å². The molecule has 0 fully saturated rings. The summed E-state index contributed by atoms with van der Waals surface area (Å²) in [6, 6.07) is 9.69. The SMILES string of the molecule is O=C(O)c1cc(=O)c2c(OCC(O)COc3cccc4c3C(=O)CC(C(=O)O)O4)cccc2o1. The summed E-state index contributed by atoms with van der Waals surface area (Å²) in [6.45, 7) is -0.575. The molecule has 0 bridgehead atoms. The van der Waals surface area contributed by atoms with Gasteiger partial charge in [0.2, 0.25) is 11.9 Å². The second-order valence-electron chi connectivity index (χ2n) is 7.39. The van der Waals surface area contributed by atoms with E-state index in [2.05, 4.69) is 0 Å². The fourth-order valence-electron chi connectivity index (χ4n) is 3.43. The van der Waals surface area contributed by atoms with Crippen molar-refractivity contribution < 1.29 is 48.3 Å². The number of rotatable bonds is 8. The Hall–Kier alpha value is -4.38. The number of hydrogen-bond acceptors (Lipinski definition) is 9. The monoisotopic (exact) mass is 470 g/mol. The summed E-state index contributed by atoms with van der Waals surface area (Å²) >= 11 is 0. The maximum absolute atomic E-state index is 12.4. The zero-order valence-corrected chi connectivity index (χ0v) is 17.4. The smallest absolute Gasteiger partial charge is 0.371 e. The van der Waals surface area contributed by atoms with Crippen LogP contribution >= 0.6 is 0 Å². The number of ketones is 1. The molecule has 34 heavy (non-hydrogen) atoms. The Labute approximate surface area is 190 Å². The fourth-order valence-corrected chi connectivity index (χ4v) is 3.43. The molecule has 11 nitrogen and oxygen atoms in total. The number of carboxylic acids is 2. The number of fused-ring (bicyclic) bond motifs is 2. The third-order valence-electron chi connectivity index (χ3n) is 4.97. The van der Waals surface area contributed by atoms with Crippen molar-refractivity contribution >= 4 is 28.7 Å². The summed E-state index contributed by atoms with van der Waals surface area (Å²) in [6.07, 6.45) is -2.80. The normalized spacial score (nSPS) is 15.8. The van der Waals surface area contributed by atoms with Crippen molar-refractivity contribution in [3.8, 4) is 17.2 Å². The Morgan fingerprint density at radius 1 is 1.03 bits per heavy atom. The minimum atomic E-state index is -1.39. The molecule has 0 radical (unpaired) electrons. The number of carbonyl (C=O) groups excluding carboxylic acids is 1. The van der Waals surface area contributed by atoms with E-state index in [-0.39, 0.29) is 53.4 Å². The molecule has 11 heteroatoms. The molecule has 0 amide bonds. The molecule has 3 aromatic rings. The van der Waals surface area contributed by atoms with E-state index in [1.54, 1.807) is 0 Å². The van der Waals surface area contributed by atoms with Crippen molar-refractivity contribution in [3.05, 3.63) is 64.0 Å². The molecule has 2 atom stereocenters. The predicted molar refractivity (Wildman–Crippen MR) is 114 cm³/mol. The zero-order valence-electron chi connectivity index (χ0n) is 17.4. The molecule has 0 saturated heterocycles. The average molecular weight is 470 g/mol. The minimum absolute atomic E-state index is 0.0160. The van der Waals surface area contributed by atoms with Gasteiger partial charge in [-0.15, -0.1) is 0 Å². The van der Waals surface area contributed by atoms with E-state index in [4.69, 9.17) is 28.8 Å². The lowest BCUT2D eigenvalue weighted by molar-refractivity contribution is -0.145. The van der Waals surface area contributed by atoms with Crippen LogP contribution in [0.2, 0.25) is 0 Å². The summed E-state index contributed by atoms with van der Waals surface area (Å²) in [5.41, 5.74) is -0.509. The van der Waals surface area contributed by atoms with Crippen LogP contribution in [0, 0.1) is 0 Å². The van der Waals surface area contributed by atoms with Gasteiger partial charge in [0.15, 0.2) is 11.2 Å². The van der Waals surface area contributed by atoms with Gasteiger partial charge in [-0.05, 0) is 24.3 Å². The quantitative estimate of drug-likeness (QED) is 0.438. The van der Waals surface area contributed by atoms with Crippen LogP contribution in [0.15, 0.2) is 51.7 Å². The summed E-state index contributed by atoms with van der Waals surface area (Å²) < 4.78 is 21.6. The number of aromatic carboxylic acids is 1. The standard InChI is InChI=1S/C23H18O11/c24-11(9-31-14-3-1-5-16-20(14)12(25)7-18(33-16)22(27)28)10-32-15-4-2-6-17-21(15)13(26)8-19(34-17)23(29)30/h1-7,11,19,24H,8-10H2,(H,27,28)(H,29,30). The molecule has 3 N–H and O–H groups in total. The van der Waals surface area contributed by atoms with Crippen LogP contribution in [0.3, 0.4) is 0 Å². The lowest BCUT2D eigenvalue weighted by atomic mass is 10.00. The number of carboxylic acid groups (broad SMARTS) is 2. The number of Topliss-reactive ketones (excluding diaryl/α,β-unsaturated/α-hetero) is 1. The van der Waals surface area contributed by atoms with Gasteiger partial charge < -0.3 is 33.9 Å². The Bertz CT molecular complexity index is 1340. The number of carbonyl (C=O) groups is 3. The molecule has 2 aromatic carbocycles. The highest BCUT2D eigenvalue weighted by Gasteiger charge is 2.33. The third kappa shape index (κ3) is 4.55. The Morgan fingerprint density at radius 3 is 2.41 bits per heavy atom. The van der Waals surface area contributed by atoms with E-state index < -0.39 is 41.1 Å². The Kier molecular flexibility index (Phi) is 6.19. The van der Waals surface area contributed by atoms with Gasteiger partial charge in [-0.25, -0.2) is 9.59 Å². The molecular formula is C23H18O11. The van der Waals surface area contributed by atoms with Crippen LogP contribution < -0.4 is 19.6 Å². The van der Waals surface area contributed by atoms with E-state index in [9.17, 15) is 24.3 Å². The van der Waals surface area contributed by atoms with Crippen molar-refractivity contribution in [3.63, 3.8) is 0 Å². The van der Waals surface area contributed by atoms with Gasteiger partial charge in [0, 0.05) is 6.07 Å². The predicted octanol–water partition coefficient (Wildman–Crippen LogP) is 1.73. The fraction of sp³-hybridized carbons (Fsp3) is 0.217. The number of aliphatic hydroxyl groups excluding tert-OH is 1. The lowest BCUT2D eigenvalue weighted by Gasteiger charge is -2.24. The molecule has 2 heterocycles. The number of ether oxygens (including phenoxy) is 3. The van der Waals surface area contributed by atoms with Crippen LogP contribution in [0.1, 0.15) is 27.3 Å². The van der Waals surface area contributed by atoms with Crippen molar-refractivity contribution in [2.24, 2.45) is 0 Å². The van der Waals surface area contributed by atoms with Gasteiger partial charge in [-0.3, -0.25) is 9.59 Å². The third-order valence-corrected chi connectivity index (χ3v) is 4.97. The highest BCUT2D eigenvalue weighted by Crippen LogP contribution is 2.35. The molecule has 4 rings (SSSR count). The number of benzene rings is 2. The van der Waals surface area contributed by atoms with Crippen molar-refractivity contribution in [2.75, 3.05) is 13.2 Å². The van der Waals surface area contributed by atoms with Gasteiger partial charge in [0.05, 0.1) is 6.42 Å². The largest absolute Gasteiger partial charge is 0.490 e. The maximum Gasteiger partial charge on any atom is 0.371 e. The van der Waals surface area contributed by atoms with Crippen LogP contribution in [-0.2, 0) is 4.79 Å². The maximum atomic E-state index is 12.4. The average Bonchev–Trinajstić information content (AvgIpc) is 2.80. The first-order valence-electron chi connectivity index (χ1n) is 10.0. The highest BCUT2D eigenvalue weighted by molar-refractivity contribution is 6.04. The minimum Gasteiger partial charge on any atom is -0.490 e. The molecule has 1 aliphatic rings. The second kappa shape index (κ2) is 9.24. The van der Waals surface area contributed by atoms with Crippen LogP contribution in [0.4, 0.5) is 0 Å². The van der Waals surface area contributed by atoms with Gasteiger partial charge >= 0.3 is 11.9 Å². The van der Waals surface area contributed by atoms with E-state index in [0.29, 0.717) is 0 Å². The molecule has 1 aliphatic heterocycles. The van der Waals surface area contributed by atoms with Gasteiger partial charge in [0.1, 0.15) is 53.1 Å². The topological polar surface area (TPSA) is 170 Å². The first-order chi connectivity index (χ1) is 16.2. The van der Waals surface area contributed by atoms with Gasteiger partial charge in [-0.1, -0.05) is 12.1 Å². The first kappa shape index (κ1) is 22.8. The number of aliphatic carboxylic acids is 1. The van der Waals surface area contributed by atoms with E-state index in [0.717, 1.165) is 6.07 Å². The molecule has 0 spiro atoms. The van der Waals surface area contributed by atoms with Crippen LogP contribution in [0.5, 0.6) is 17.2 Å². The Morgan fingerprint density at radius 2 is 1.71 bits per heavy atom. The van der Waals surface area contributed by atoms with Gasteiger partial charge in [0.25, 0.3) is 0 Å². The van der Waals surface area contributed by atoms with E-state index >= 15 is 0 Å². The number of aliphatic hydroxyl groups is 1. The van der Waals surface area contributed by atoms with E-state index in [1.165, 1.54) is 36.4 Å². The molecule has 0 saturated carbocycles. The Balaban J connectivity index is 1.44. The molecule has 0 aliphatic carbocycles. The summed E-state index contributed by atoms with van der Waals surface area (Å²) in [4.78, 5) is 47.0. The number of hydrogen-bond donors (Lipinski definition) is 3.